The van der Waals surface area contributed by atoms with Gasteiger partial charge in [0.2, 0.25) is 5.91 Å². The van der Waals surface area contributed by atoms with Crippen LogP contribution in [0.15, 0.2) is 54.7 Å². The number of methoxy groups -OCH3 is 1. The number of nitrogens with zero attached hydrogens (tertiary/aromatic N) is 2. The minimum absolute atomic E-state index is 0.182. The van der Waals surface area contributed by atoms with E-state index in [-0.39, 0.29) is 16.1 Å². The number of rotatable bonds is 6. The van der Waals surface area contributed by atoms with Crippen molar-refractivity contribution in [1.82, 2.24) is 9.88 Å². The maximum absolute atomic E-state index is 14.7. The first kappa shape index (κ1) is 24.3. The molecule has 1 aliphatic carbocycles. The fourth-order valence-corrected chi connectivity index (χ4v) is 4.83. The summed E-state index contributed by atoms with van der Waals surface area (Å²) in [5.41, 5.74) is 8.08. The summed E-state index contributed by atoms with van der Waals surface area (Å²) in [6.45, 7) is 1.68. The maximum Gasteiger partial charge on any atom is 0.337 e. The van der Waals surface area contributed by atoms with Gasteiger partial charge in [0.1, 0.15) is 11.9 Å². The van der Waals surface area contributed by atoms with Gasteiger partial charge in [-0.25, -0.2) is 9.18 Å². The molecular weight excluding hydrogens is 473 g/mol. The van der Waals surface area contributed by atoms with Crippen molar-refractivity contribution < 1.29 is 23.5 Å². The second-order valence-corrected chi connectivity index (χ2v) is 8.72. The van der Waals surface area contributed by atoms with Crippen molar-refractivity contribution in [2.75, 3.05) is 7.11 Å². The van der Waals surface area contributed by atoms with Crippen LogP contribution in [-0.2, 0) is 16.0 Å². The van der Waals surface area contributed by atoms with Crippen molar-refractivity contribution >= 4 is 29.4 Å². The molecule has 0 aliphatic heterocycles. The molecule has 9 heteroatoms. The van der Waals surface area contributed by atoms with Crippen molar-refractivity contribution in [3.63, 3.8) is 0 Å². The van der Waals surface area contributed by atoms with Crippen molar-refractivity contribution in [3.05, 3.63) is 99.1 Å². The zero-order chi connectivity index (χ0) is 25.3. The van der Waals surface area contributed by atoms with Crippen LogP contribution >= 0.6 is 11.6 Å². The Balaban J connectivity index is 1.91. The lowest BCUT2D eigenvalue weighted by atomic mass is 9.96. The van der Waals surface area contributed by atoms with Gasteiger partial charge in [0.15, 0.2) is 0 Å². The van der Waals surface area contributed by atoms with Crippen LogP contribution < -0.4 is 5.73 Å². The molecule has 2 N–H and O–H groups in total. The van der Waals surface area contributed by atoms with Crippen LogP contribution in [0.2, 0.25) is 5.02 Å². The van der Waals surface area contributed by atoms with Crippen LogP contribution in [0.1, 0.15) is 61.6 Å². The lowest BCUT2D eigenvalue weighted by molar-refractivity contribution is -0.123. The molecule has 0 unspecified atom stereocenters. The molecule has 35 heavy (non-hydrogen) atoms. The third kappa shape index (κ3) is 4.61. The van der Waals surface area contributed by atoms with Crippen LogP contribution in [0.3, 0.4) is 0 Å². The molecule has 1 aromatic heterocycles. The summed E-state index contributed by atoms with van der Waals surface area (Å²) in [6, 6.07) is 10.3. The third-order valence-corrected chi connectivity index (χ3v) is 6.42. The van der Waals surface area contributed by atoms with Crippen molar-refractivity contribution in [2.45, 2.75) is 31.8 Å². The van der Waals surface area contributed by atoms with Crippen LogP contribution in [0, 0.1) is 12.7 Å². The molecule has 1 heterocycles. The van der Waals surface area contributed by atoms with Gasteiger partial charge in [-0.2, -0.15) is 0 Å². The summed E-state index contributed by atoms with van der Waals surface area (Å²) in [6.07, 6.45) is 2.27. The lowest BCUT2D eigenvalue weighted by Crippen LogP contribution is -2.44. The Bertz CT molecular complexity index is 1330. The highest BCUT2D eigenvalue weighted by molar-refractivity contribution is 6.30. The van der Waals surface area contributed by atoms with Gasteiger partial charge in [0, 0.05) is 16.9 Å². The number of nitrogens with two attached hydrogens (primary N) is 1. The molecule has 4 rings (SSSR count). The van der Waals surface area contributed by atoms with E-state index in [1.54, 1.807) is 43.5 Å². The largest absolute Gasteiger partial charge is 0.465 e. The van der Waals surface area contributed by atoms with Crippen molar-refractivity contribution in [2.24, 2.45) is 5.73 Å². The molecule has 1 aliphatic rings. The van der Waals surface area contributed by atoms with Crippen molar-refractivity contribution in [1.29, 1.82) is 0 Å². The number of aryl methyl sites for hydroxylation is 1. The van der Waals surface area contributed by atoms with E-state index in [2.05, 4.69) is 4.98 Å². The predicted octanol–water partition coefficient (Wildman–Crippen LogP) is 4.33. The fraction of sp³-hybridized carbons (Fsp3) is 0.231. The average molecular weight is 496 g/mol. The van der Waals surface area contributed by atoms with E-state index in [0.29, 0.717) is 35.2 Å². The van der Waals surface area contributed by atoms with Gasteiger partial charge in [0.25, 0.3) is 5.91 Å². The van der Waals surface area contributed by atoms with E-state index < -0.39 is 35.7 Å². The first-order chi connectivity index (χ1) is 16.7. The fourth-order valence-electron chi connectivity index (χ4n) is 4.61. The summed E-state index contributed by atoms with van der Waals surface area (Å²) in [5, 5.41) is 0.182. The van der Waals surface area contributed by atoms with Crippen LogP contribution in [0.4, 0.5) is 4.39 Å². The number of aromatic nitrogens is 1. The van der Waals surface area contributed by atoms with E-state index in [1.165, 1.54) is 30.2 Å². The first-order valence-electron chi connectivity index (χ1n) is 10.9. The standard InChI is InChI=1S/C26H23ClFN3O4/c1-14-18(7-4-10-30-14)25(33)31(22-9-8-19-20(22)12-17(27)13-21(19)28)23(24(29)32)15-5-3-6-16(11-15)26(34)35-2/h3-7,10-13,22-23H,8-9H2,1-2H3,(H2,29,32)/t22-,23+/m1/s1. The Hall–Kier alpha value is -3.78. The number of pyridine rings is 1. The number of esters is 1. The van der Waals surface area contributed by atoms with Crippen molar-refractivity contribution in [3.8, 4) is 0 Å². The molecule has 2 aromatic carbocycles. The number of amides is 2. The Morgan fingerprint density at radius 1 is 1.20 bits per heavy atom. The zero-order valence-corrected chi connectivity index (χ0v) is 19.9. The summed E-state index contributed by atoms with van der Waals surface area (Å²) in [7, 11) is 1.25. The SMILES string of the molecule is COC(=O)c1cccc([C@@H](C(N)=O)N(C(=O)c2cccnc2C)[C@@H]2CCc3c(F)cc(Cl)cc32)c1. The maximum atomic E-state index is 14.7. The third-order valence-electron chi connectivity index (χ3n) is 6.20. The molecule has 2 amide bonds. The minimum Gasteiger partial charge on any atom is -0.465 e. The highest BCUT2D eigenvalue weighted by atomic mass is 35.5. The number of hydrogen-bond acceptors (Lipinski definition) is 5. The van der Waals surface area contributed by atoms with E-state index in [0.717, 1.165) is 0 Å². The number of benzene rings is 2. The Kier molecular flexibility index (Phi) is 6.84. The monoisotopic (exact) mass is 495 g/mol. The molecule has 2 atom stereocenters. The van der Waals surface area contributed by atoms with Gasteiger partial charge in [-0.3, -0.25) is 14.6 Å². The van der Waals surface area contributed by atoms with E-state index in [4.69, 9.17) is 22.1 Å². The molecule has 0 saturated carbocycles. The van der Waals surface area contributed by atoms with Crippen LogP contribution in [-0.4, -0.2) is 34.8 Å². The molecular formula is C26H23ClFN3O4. The molecule has 0 saturated heterocycles. The van der Waals surface area contributed by atoms with Gasteiger partial charge in [-0.1, -0.05) is 23.7 Å². The summed E-state index contributed by atoms with van der Waals surface area (Å²) in [4.78, 5) is 44.6. The summed E-state index contributed by atoms with van der Waals surface area (Å²) in [5.74, 6) is -2.38. The number of carbonyl (C=O) groups is 3. The van der Waals surface area contributed by atoms with Gasteiger partial charge < -0.3 is 15.4 Å². The topological polar surface area (TPSA) is 103 Å². The number of carbonyl (C=O) groups excluding carboxylic acids is 3. The van der Waals surface area contributed by atoms with Crippen LogP contribution in [0.25, 0.3) is 0 Å². The lowest BCUT2D eigenvalue weighted by Gasteiger charge is -2.36. The number of primary amides is 1. The number of fused-ring (bicyclic) bond motifs is 1. The number of hydrogen-bond donors (Lipinski definition) is 1. The highest BCUT2D eigenvalue weighted by Crippen LogP contribution is 2.43. The van der Waals surface area contributed by atoms with E-state index >= 15 is 0 Å². The summed E-state index contributed by atoms with van der Waals surface area (Å²) < 4.78 is 19.5. The van der Waals surface area contributed by atoms with Gasteiger partial charge in [-0.15, -0.1) is 0 Å². The zero-order valence-electron chi connectivity index (χ0n) is 19.1. The molecule has 3 aromatic rings. The Morgan fingerprint density at radius 3 is 2.66 bits per heavy atom. The quantitative estimate of drug-likeness (QED) is 0.513. The molecule has 0 spiro atoms. The molecule has 180 valence electrons. The van der Waals surface area contributed by atoms with Crippen LogP contribution in [0.5, 0.6) is 0 Å². The summed E-state index contributed by atoms with van der Waals surface area (Å²) >= 11 is 6.15. The normalized spacial score (nSPS) is 15.3. The van der Waals surface area contributed by atoms with E-state index in [9.17, 15) is 18.8 Å². The number of halogens is 2. The van der Waals surface area contributed by atoms with Gasteiger partial charge in [0.05, 0.1) is 24.3 Å². The Labute approximate surface area is 206 Å². The average Bonchev–Trinajstić information content (AvgIpc) is 3.25. The second kappa shape index (κ2) is 9.84. The smallest absolute Gasteiger partial charge is 0.337 e. The molecule has 0 fully saturated rings. The molecule has 7 nitrogen and oxygen atoms in total. The second-order valence-electron chi connectivity index (χ2n) is 8.28. The highest BCUT2D eigenvalue weighted by Gasteiger charge is 2.41. The van der Waals surface area contributed by atoms with E-state index in [1.807, 2.05) is 0 Å². The predicted molar refractivity (Wildman–Crippen MR) is 127 cm³/mol. The first-order valence-corrected chi connectivity index (χ1v) is 11.3. The van der Waals surface area contributed by atoms with Gasteiger partial charge in [-0.05, 0) is 72.9 Å². The molecule has 0 radical (unpaired) electrons. The minimum atomic E-state index is -1.26. The molecule has 0 bridgehead atoms. The number of ether oxygens (including phenoxy) is 1. The van der Waals surface area contributed by atoms with Gasteiger partial charge >= 0.3 is 5.97 Å². The Morgan fingerprint density at radius 2 is 1.97 bits per heavy atom.